The number of aryl methyl sites for hydroxylation is 1. The first-order valence-electron chi connectivity index (χ1n) is 7.41. The van der Waals surface area contributed by atoms with Gasteiger partial charge in [-0.2, -0.15) is 0 Å². The number of nitrogens with zero attached hydrogens (tertiary/aromatic N) is 2. The van der Waals surface area contributed by atoms with Gasteiger partial charge in [0.1, 0.15) is 5.82 Å². The molecule has 1 N–H and O–H groups in total. The molecule has 3 heteroatoms. The first-order chi connectivity index (χ1) is 8.99. The van der Waals surface area contributed by atoms with Crippen molar-refractivity contribution in [2.45, 2.75) is 59.2 Å². The quantitative estimate of drug-likeness (QED) is 0.853. The van der Waals surface area contributed by atoms with Crippen molar-refractivity contribution in [2.24, 2.45) is 5.92 Å². The van der Waals surface area contributed by atoms with Crippen molar-refractivity contribution in [1.29, 1.82) is 0 Å². The van der Waals surface area contributed by atoms with Gasteiger partial charge in [-0.3, -0.25) is 0 Å². The Labute approximate surface area is 117 Å². The van der Waals surface area contributed by atoms with Gasteiger partial charge in [-0.05, 0) is 44.2 Å². The number of anilines is 1. The van der Waals surface area contributed by atoms with Crippen molar-refractivity contribution in [3.05, 3.63) is 23.4 Å². The topological polar surface area (TPSA) is 28.2 Å². The van der Waals surface area contributed by atoms with E-state index in [4.69, 9.17) is 4.98 Å². The second-order valence-corrected chi connectivity index (χ2v) is 6.16. The molecule has 1 heterocycles. The smallest absolute Gasteiger partial charge is 0.128 e. The van der Waals surface area contributed by atoms with Gasteiger partial charge in [-0.1, -0.05) is 19.9 Å². The fourth-order valence-electron chi connectivity index (χ4n) is 2.16. The molecule has 0 saturated heterocycles. The molecule has 0 bridgehead atoms. The number of hydrogen-bond donors (Lipinski definition) is 1. The van der Waals surface area contributed by atoms with Crippen molar-refractivity contribution < 1.29 is 0 Å². The van der Waals surface area contributed by atoms with Gasteiger partial charge in [0.15, 0.2) is 0 Å². The van der Waals surface area contributed by atoms with E-state index in [1.807, 2.05) is 0 Å². The average Bonchev–Trinajstić information content (AvgIpc) is 3.19. The van der Waals surface area contributed by atoms with E-state index in [0.717, 1.165) is 24.1 Å². The lowest BCUT2D eigenvalue weighted by molar-refractivity contribution is 0.502. The molecule has 1 aromatic heterocycles. The van der Waals surface area contributed by atoms with Crippen LogP contribution in [0.3, 0.4) is 0 Å². The van der Waals surface area contributed by atoms with Crippen LogP contribution in [-0.4, -0.2) is 24.1 Å². The zero-order chi connectivity index (χ0) is 14.0. The predicted octanol–water partition coefficient (Wildman–Crippen LogP) is 3.12. The fraction of sp³-hybridized carbons (Fsp3) is 0.688. The van der Waals surface area contributed by atoms with Crippen molar-refractivity contribution in [3.8, 4) is 0 Å². The Bertz CT molecular complexity index is 424. The van der Waals surface area contributed by atoms with Crippen LogP contribution in [-0.2, 0) is 6.54 Å². The predicted molar refractivity (Wildman–Crippen MR) is 81.5 cm³/mol. The van der Waals surface area contributed by atoms with Gasteiger partial charge in [0.25, 0.3) is 0 Å². The maximum Gasteiger partial charge on any atom is 0.128 e. The molecule has 3 nitrogen and oxygen atoms in total. The highest BCUT2D eigenvalue weighted by Crippen LogP contribution is 2.21. The molecule has 1 unspecified atom stereocenters. The third kappa shape index (κ3) is 3.69. The Balaban J connectivity index is 2.04. The van der Waals surface area contributed by atoms with Gasteiger partial charge >= 0.3 is 0 Å². The van der Waals surface area contributed by atoms with E-state index in [1.165, 1.54) is 18.4 Å². The third-order valence-electron chi connectivity index (χ3n) is 4.28. The van der Waals surface area contributed by atoms with E-state index in [-0.39, 0.29) is 0 Å². The van der Waals surface area contributed by atoms with Crippen molar-refractivity contribution in [2.75, 3.05) is 11.9 Å². The molecule has 1 aromatic rings. The van der Waals surface area contributed by atoms with Crippen molar-refractivity contribution >= 4 is 5.82 Å². The standard InChI is InChI=1S/C16H27N3/c1-11(2)13(4)19(5)16-9-6-14(12(3)18-16)10-17-15-7-8-15/h6,9,11,13,15,17H,7-8,10H2,1-5H3. The van der Waals surface area contributed by atoms with Gasteiger partial charge < -0.3 is 10.2 Å². The summed E-state index contributed by atoms with van der Waals surface area (Å²) < 4.78 is 0. The summed E-state index contributed by atoms with van der Waals surface area (Å²) in [6, 6.07) is 5.62. The number of hydrogen-bond acceptors (Lipinski definition) is 3. The second kappa shape index (κ2) is 5.91. The zero-order valence-corrected chi connectivity index (χ0v) is 12.9. The SMILES string of the molecule is Cc1nc(N(C)C(C)C(C)C)ccc1CNC1CC1. The highest BCUT2D eigenvalue weighted by atomic mass is 15.2. The Hall–Kier alpha value is -1.09. The van der Waals surface area contributed by atoms with Gasteiger partial charge in [0, 0.05) is 31.4 Å². The zero-order valence-electron chi connectivity index (χ0n) is 12.9. The Morgan fingerprint density at radius 1 is 1.32 bits per heavy atom. The van der Waals surface area contributed by atoms with Crippen LogP contribution in [0.1, 0.15) is 44.9 Å². The third-order valence-corrected chi connectivity index (χ3v) is 4.28. The van der Waals surface area contributed by atoms with Crippen LogP contribution in [0, 0.1) is 12.8 Å². The summed E-state index contributed by atoms with van der Waals surface area (Å²) in [4.78, 5) is 7.03. The summed E-state index contributed by atoms with van der Waals surface area (Å²) in [6.07, 6.45) is 2.67. The summed E-state index contributed by atoms with van der Waals surface area (Å²) in [7, 11) is 2.13. The Morgan fingerprint density at radius 2 is 2.00 bits per heavy atom. The van der Waals surface area contributed by atoms with Gasteiger partial charge in [0.05, 0.1) is 0 Å². The number of rotatable bonds is 6. The monoisotopic (exact) mass is 261 g/mol. The molecule has 0 radical (unpaired) electrons. The summed E-state index contributed by atoms with van der Waals surface area (Å²) >= 11 is 0. The minimum atomic E-state index is 0.502. The molecule has 1 saturated carbocycles. The minimum Gasteiger partial charge on any atom is -0.357 e. The summed E-state index contributed by atoms with van der Waals surface area (Å²) in [5.41, 5.74) is 2.47. The first-order valence-corrected chi connectivity index (χ1v) is 7.41. The lowest BCUT2D eigenvalue weighted by Crippen LogP contribution is -2.33. The first kappa shape index (κ1) is 14.3. The molecule has 0 aliphatic heterocycles. The Kier molecular flexibility index (Phi) is 4.46. The van der Waals surface area contributed by atoms with Crippen LogP contribution < -0.4 is 10.2 Å². The molecule has 1 aliphatic carbocycles. The highest BCUT2D eigenvalue weighted by Gasteiger charge is 2.20. The number of aromatic nitrogens is 1. The molecule has 0 aromatic carbocycles. The lowest BCUT2D eigenvalue weighted by Gasteiger charge is -2.29. The van der Waals surface area contributed by atoms with E-state index in [0.29, 0.717) is 12.0 Å². The van der Waals surface area contributed by atoms with E-state index < -0.39 is 0 Å². The highest BCUT2D eigenvalue weighted by molar-refractivity contribution is 5.42. The molecular weight excluding hydrogens is 234 g/mol. The van der Waals surface area contributed by atoms with E-state index in [2.05, 4.69) is 57.1 Å². The van der Waals surface area contributed by atoms with Crippen molar-refractivity contribution in [3.63, 3.8) is 0 Å². The molecule has 0 spiro atoms. The average molecular weight is 261 g/mol. The maximum absolute atomic E-state index is 4.76. The van der Waals surface area contributed by atoms with E-state index in [1.54, 1.807) is 0 Å². The second-order valence-electron chi connectivity index (χ2n) is 6.16. The molecular formula is C16H27N3. The summed E-state index contributed by atoms with van der Waals surface area (Å²) in [5, 5.41) is 3.55. The molecule has 0 amide bonds. The van der Waals surface area contributed by atoms with Crippen LogP contribution in [0.2, 0.25) is 0 Å². The van der Waals surface area contributed by atoms with Crippen LogP contribution in [0.5, 0.6) is 0 Å². The van der Waals surface area contributed by atoms with Crippen LogP contribution in [0.15, 0.2) is 12.1 Å². The lowest BCUT2D eigenvalue weighted by atomic mass is 10.1. The minimum absolute atomic E-state index is 0.502. The molecule has 1 aliphatic rings. The van der Waals surface area contributed by atoms with Gasteiger partial charge in [-0.15, -0.1) is 0 Å². The largest absolute Gasteiger partial charge is 0.357 e. The Morgan fingerprint density at radius 3 is 2.53 bits per heavy atom. The van der Waals surface area contributed by atoms with Crippen LogP contribution in [0.25, 0.3) is 0 Å². The van der Waals surface area contributed by atoms with Crippen LogP contribution >= 0.6 is 0 Å². The molecule has 1 fully saturated rings. The van der Waals surface area contributed by atoms with E-state index in [9.17, 15) is 0 Å². The molecule has 106 valence electrons. The van der Waals surface area contributed by atoms with Crippen molar-refractivity contribution in [1.82, 2.24) is 10.3 Å². The number of pyridine rings is 1. The van der Waals surface area contributed by atoms with Gasteiger partial charge in [0.2, 0.25) is 0 Å². The molecule has 2 rings (SSSR count). The summed E-state index contributed by atoms with van der Waals surface area (Å²) in [5.74, 6) is 1.71. The number of nitrogens with one attached hydrogen (secondary N) is 1. The van der Waals surface area contributed by atoms with Crippen LogP contribution in [0.4, 0.5) is 5.82 Å². The molecule has 1 atom stereocenters. The normalized spacial score (nSPS) is 16.7. The van der Waals surface area contributed by atoms with Gasteiger partial charge in [-0.25, -0.2) is 4.98 Å². The fourth-order valence-corrected chi connectivity index (χ4v) is 2.16. The van der Waals surface area contributed by atoms with E-state index >= 15 is 0 Å². The maximum atomic E-state index is 4.76. The molecule has 19 heavy (non-hydrogen) atoms. The summed E-state index contributed by atoms with van der Waals surface area (Å²) in [6.45, 7) is 9.82.